The third kappa shape index (κ3) is 3.99. The van der Waals surface area contributed by atoms with Crippen LogP contribution in [0.5, 0.6) is 0 Å². The Morgan fingerprint density at radius 1 is 1.00 bits per heavy atom. The van der Waals surface area contributed by atoms with E-state index in [0.29, 0.717) is 25.1 Å². The van der Waals surface area contributed by atoms with Gasteiger partial charge in [0.2, 0.25) is 5.41 Å². The van der Waals surface area contributed by atoms with Crippen molar-refractivity contribution in [1.82, 2.24) is 9.88 Å². The number of ether oxygens (including phenoxy) is 2. The number of fused-ring (bicyclic) bond motifs is 3. The molecule has 36 heavy (non-hydrogen) atoms. The summed E-state index contributed by atoms with van der Waals surface area (Å²) in [6, 6.07) is 20.0. The van der Waals surface area contributed by atoms with Crippen molar-refractivity contribution in [3.63, 3.8) is 0 Å². The number of nitrogens with one attached hydrogen (secondary N) is 1. The first-order chi connectivity index (χ1) is 17.6. The average Bonchev–Trinajstić information content (AvgIpc) is 3.58. The Kier molecular flexibility index (Phi) is 6.65. The molecule has 0 radical (unpaired) electrons. The van der Waals surface area contributed by atoms with Crippen molar-refractivity contribution < 1.29 is 23.5 Å². The summed E-state index contributed by atoms with van der Waals surface area (Å²) < 4.78 is 16.1. The Morgan fingerprint density at radius 3 is 2.42 bits per heavy atom. The molecule has 1 aliphatic heterocycles. The second kappa shape index (κ2) is 10.0. The van der Waals surface area contributed by atoms with E-state index in [1.807, 2.05) is 48.5 Å². The predicted molar refractivity (Wildman–Crippen MR) is 135 cm³/mol. The molecule has 0 aliphatic carbocycles. The van der Waals surface area contributed by atoms with Crippen molar-refractivity contribution in [2.45, 2.75) is 30.7 Å². The molecular weight excluding hydrogens is 456 g/mol. The number of carbonyl (C=O) groups is 2. The van der Waals surface area contributed by atoms with E-state index in [1.54, 1.807) is 12.5 Å². The molecule has 1 N–H and O–H groups in total. The SMILES string of the molecule is COC(=O)C1(C(=O)OC)c2[nH]c3ccccc3c2CCN(Cc2ccccc2)CCC1c1ccoc1. The van der Waals surface area contributed by atoms with Gasteiger partial charge >= 0.3 is 11.9 Å². The molecule has 1 atom stereocenters. The van der Waals surface area contributed by atoms with Crippen LogP contribution < -0.4 is 0 Å². The molecule has 7 heteroatoms. The molecule has 0 spiro atoms. The largest absolute Gasteiger partial charge is 0.472 e. The van der Waals surface area contributed by atoms with Crippen molar-refractivity contribution in [1.29, 1.82) is 0 Å². The highest BCUT2D eigenvalue weighted by atomic mass is 16.5. The predicted octanol–water partition coefficient (Wildman–Crippen LogP) is 4.58. The lowest BCUT2D eigenvalue weighted by molar-refractivity contribution is -0.164. The van der Waals surface area contributed by atoms with Crippen LogP contribution in [0.15, 0.2) is 77.6 Å². The Balaban J connectivity index is 1.74. The van der Waals surface area contributed by atoms with Gasteiger partial charge in [-0.15, -0.1) is 0 Å². The van der Waals surface area contributed by atoms with E-state index < -0.39 is 23.3 Å². The zero-order valence-corrected chi connectivity index (χ0v) is 20.5. The van der Waals surface area contributed by atoms with Crippen molar-refractivity contribution >= 4 is 22.8 Å². The van der Waals surface area contributed by atoms with Crippen LogP contribution in [-0.2, 0) is 37.4 Å². The minimum Gasteiger partial charge on any atom is -0.472 e. The van der Waals surface area contributed by atoms with Crippen LogP contribution in [0.3, 0.4) is 0 Å². The lowest BCUT2D eigenvalue weighted by atomic mass is 9.67. The normalized spacial score (nSPS) is 18.0. The standard InChI is InChI=1S/C29H30N2O5/c1-34-27(32)29(28(33)35-2)24(21-14-17-36-19-21)13-16-31(18-20-8-4-3-5-9-20)15-12-23-22-10-6-7-11-25(22)30-26(23)29/h3-11,14,17,19,24,30H,12-13,15-16,18H2,1-2H3. The van der Waals surface area contributed by atoms with Gasteiger partial charge in [-0.3, -0.25) is 14.5 Å². The van der Waals surface area contributed by atoms with Gasteiger partial charge in [-0.05, 0) is 48.2 Å². The van der Waals surface area contributed by atoms with Gasteiger partial charge in [-0.25, -0.2) is 0 Å². The van der Waals surface area contributed by atoms with Gasteiger partial charge in [-0.2, -0.15) is 0 Å². The molecule has 0 amide bonds. The topological polar surface area (TPSA) is 84.8 Å². The molecule has 2 aromatic heterocycles. The summed E-state index contributed by atoms with van der Waals surface area (Å²) in [5, 5.41) is 0.984. The smallest absolute Gasteiger partial charge is 0.330 e. The number of nitrogens with zero attached hydrogens (tertiary/aromatic N) is 1. The lowest BCUT2D eigenvalue weighted by Gasteiger charge is -2.35. The monoisotopic (exact) mass is 486 g/mol. The number of aromatic amines is 1. The quantitative estimate of drug-likeness (QED) is 0.328. The molecule has 0 bridgehead atoms. The second-order valence-electron chi connectivity index (χ2n) is 9.23. The van der Waals surface area contributed by atoms with Crippen molar-refractivity contribution in [3.8, 4) is 0 Å². The van der Waals surface area contributed by atoms with Gasteiger partial charge in [0, 0.05) is 35.6 Å². The molecule has 0 saturated heterocycles. The molecule has 2 aromatic carbocycles. The van der Waals surface area contributed by atoms with Crippen molar-refractivity contribution in [2.24, 2.45) is 0 Å². The zero-order valence-electron chi connectivity index (χ0n) is 20.5. The fourth-order valence-electron chi connectivity index (χ4n) is 5.66. The highest BCUT2D eigenvalue weighted by Gasteiger charge is 2.59. The number of esters is 2. The number of hydrogen-bond donors (Lipinski definition) is 1. The van der Waals surface area contributed by atoms with Gasteiger partial charge in [0.1, 0.15) is 0 Å². The molecule has 4 aromatic rings. The Hall–Kier alpha value is -3.84. The van der Waals surface area contributed by atoms with Crippen molar-refractivity contribution in [3.05, 3.63) is 95.6 Å². The summed E-state index contributed by atoms with van der Waals surface area (Å²) in [5.41, 5.74) is 2.57. The van der Waals surface area contributed by atoms with E-state index in [-0.39, 0.29) is 0 Å². The van der Waals surface area contributed by atoms with Gasteiger partial charge in [-0.1, -0.05) is 48.5 Å². The highest BCUT2D eigenvalue weighted by molar-refractivity contribution is 6.09. The van der Waals surface area contributed by atoms with Crippen molar-refractivity contribution in [2.75, 3.05) is 27.3 Å². The van der Waals surface area contributed by atoms with Gasteiger partial charge in [0.05, 0.1) is 26.7 Å². The van der Waals surface area contributed by atoms with Crippen LogP contribution in [-0.4, -0.2) is 49.1 Å². The van der Waals surface area contributed by atoms with Crippen LogP contribution in [0.2, 0.25) is 0 Å². The van der Waals surface area contributed by atoms with Crippen LogP contribution in [0.4, 0.5) is 0 Å². The molecule has 7 nitrogen and oxygen atoms in total. The van der Waals surface area contributed by atoms with Gasteiger partial charge in [0.25, 0.3) is 0 Å². The number of carbonyl (C=O) groups excluding carboxylic acids is 2. The first-order valence-electron chi connectivity index (χ1n) is 12.1. The highest BCUT2D eigenvalue weighted by Crippen LogP contribution is 2.47. The first kappa shape index (κ1) is 23.9. The zero-order chi connectivity index (χ0) is 25.1. The number of methoxy groups -OCH3 is 2. The van der Waals surface area contributed by atoms with E-state index in [2.05, 4.69) is 22.0 Å². The molecule has 0 saturated carbocycles. The number of aromatic nitrogens is 1. The number of benzene rings is 2. The number of rotatable bonds is 5. The molecule has 186 valence electrons. The number of para-hydroxylation sites is 1. The third-order valence-electron chi connectivity index (χ3n) is 7.35. The summed E-state index contributed by atoms with van der Waals surface area (Å²) in [6.07, 6.45) is 4.34. The summed E-state index contributed by atoms with van der Waals surface area (Å²) in [4.78, 5) is 33.4. The fraction of sp³-hybridized carbons (Fsp3) is 0.310. The Labute approximate surface area is 210 Å². The van der Waals surface area contributed by atoms with E-state index >= 15 is 0 Å². The van der Waals surface area contributed by atoms with E-state index in [9.17, 15) is 9.59 Å². The maximum Gasteiger partial charge on any atom is 0.330 e. The Morgan fingerprint density at radius 2 is 1.72 bits per heavy atom. The number of furan rings is 1. The van der Waals surface area contributed by atoms with Crippen LogP contribution in [0.1, 0.15) is 34.7 Å². The number of hydrogen-bond acceptors (Lipinski definition) is 6. The molecular formula is C29H30N2O5. The van der Waals surface area contributed by atoms with Gasteiger partial charge in [0.15, 0.2) is 0 Å². The maximum absolute atomic E-state index is 13.8. The van der Waals surface area contributed by atoms with Crippen LogP contribution >= 0.6 is 0 Å². The Bertz CT molecular complexity index is 1330. The third-order valence-corrected chi connectivity index (χ3v) is 7.35. The molecule has 3 heterocycles. The summed E-state index contributed by atoms with van der Waals surface area (Å²) in [5.74, 6) is -1.87. The number of H-pyrrole nitrogens is 1. The van der Waals surface area contributed by atoms with E-state index in [0.717, 1.165) is 35.1 Å². The molecule has 1 unspecified atom stereocenters. The fourth-order valence-corrected chi connectivity index (χ4v) is 5.66. The van der Waals surface area contributed by atoms with E-state index in [4.69, 9.17) is 13.9 Å². The molecule has 5 rings (SSSR count). The lowest BCUT2D eigenvalue weighted by Crippen LogP contribution is -2.51. The van der Waals surface area contributed by atoms with Crippen LogP contribution in [0.25, 0.3) is 10.9 Å². The van der Waals surface area contributed by atoms with Crippen LogP contribution in [0, 0.1) is 0 Å². The molecule has 0 fully saturated rings. The average molecular weight is 487 g/mol. The van der Waals surface area contributed by atoms with Gasteiger partial charge < -0.3 is 18.9 Å². The van der Waals surface area contributed by atoms with E-state index in [1.165, 1.54) is 19.8 Å². The maximum atomic E-state index is 13.8. The first-order valence-corrected chi connectivity index (χ1v) is 12.1. The second-order valence-corrected chi connectivity index (χ2v) is 9.23. The minimum atomic E-state index is -1.72. The minimum absolute atomic E-state index is 0.519. The summed E-state index contributed by atoms with van der Waals surface area (Å²) in [7, 11) is 2.63. The summed E-state index contributed by atoms with van der Waals surface area (Å²) in [6.45, 7) is 2.20. The summed E-state index contributed by atoms with van der Waals surface area (Å²) >= 11 is 0. The molecule has 1 aliphatic rings.